The summed E-state index contributed by atoms with van der Waals surface area (Å²) in [4.78, 5) is 6.43. The van der Waals surface area contributed by atoms with Crippen LogP contribution in [0, 0.1) is 0 Å². The fourth-order valence-corrected chi connectivity index (χ4v) is 8.64. The molecule has 0 bridgehead atoms. The predicted molar refractivity (Wildman–Crippen MR) is 205 cm³/mol. The van der Waals surface area contributed by atoms with E-state index in [-0.39, 0.29) is 0 Å². The number of thiophene rings is 1. The van der Waals surface area contributed by atoms with Crippen molar-refractivity contribution in [2.45, 2.75) is 0 Å². The molecule has 0 radical (unpaired) electrons. The molecule has 0 N–H and O–H groups in total. The number of hydrogen-bond acceptors (Lipinski definition) is 2. The maximum Gasteiger partial charge on any atom is 0.109 e. The molecule has 224 valence electrons. The van der Waals surface area contributed by atoms with Crippen molar-refractivity contribution in [3.8, 4) is 44.8 Å². The molecule has 0 amide bonds. The van der Waals surface area contributed by atoms with E-state index in [1.807, 2.05) is 11.3 Å². The minimum atomic E-state index is 0.970. The average molecular weight is 629 g/mol. The van der Waals surface area contributed by atoms with Gasteiger partial charge in [0.05, 0.1) is 22.4 Å². The number of pyridine rings is 2. The third-order valence-electron chi connectivity index (χ3n) is 9.56. The third-order valence-corrected chi connectivity index (χ3v) is 10.7. The van der Waals surface area contributed by atoms with Crippen molar-refractivity contribution < 1.29 is 0 Å². The monoisotopic (exact) mass is 628 g/mol. The number of nitrogens with zero attached hydrogens (tertiary/aromatic N) is 2. The molecule has 0 fully saturated rings. The molecule has 4 heterocycles. The van der Waals surface area contributed by atoms with Crippen LogP contribution in [0.3, 0.4) is 0 Å². The fraction of sp³-hybridized carbons (Fsp3) is 0. The van der Waals surface area contributed by atoms with Crippen LogP contribution in [-0.2, 0) is 0 Å². The number of fused-ring (bicyclic) bond motifs is 10. The van der Waals surface area contributed by atoms with Gasteiger partial charge in [-0.15, -0.1) is 11.3 Å². The normalized spacial score (nSPS) is 11.8. The molecule has 0 aliphatic carbocycles. The summed E-state index contributed by atoms with van der Waals surface area (Å²) in [6, 6.07) is 61.1. The first-order valence-corrected chi connectivity index (χ1v) is 17.1. The Morgan fingerprint density at radius 3 is 1.69 bits per heavy atom. The van der Waals surface area contributed by atoms with Gasteiger partial charge in [-0.1, -0.05) is 140 Å². The SMILES string of the molecule is c1ccc(-c2cc(-c3ccc4c(c3)c3c5ccccc5sc3n3c5ccccc5c(-c5ccccc5)c43)cc(-c3ccccc3)n2)cc1. The Bertz CT molecular complexity index is 2750. The zero-order valence-electron chi connectivity index (χ0n) is 26.0. The summed E-state index contributed by atoms with van der Waals surface area (Å²) in [6.07, 6.45) is 0. The lowest BCUT2D eigenvalue weighted by Crippen LogP contribution is -1.92. The smallest absolute Gasteiger partial charge is 0.109 e. The second-order valence-corrected chi connectivity index (χ2v) is 13.4. The zero-order chi connectivity index (χ0) is 31.6. The van der Waals surface area contributed by atoms with Gasteiger partial charge in [-0.05, 0) is 52.4 Å². The summed E-state index contributed by atoms with van der Waals surface area (Å²) in [5, 5.41) is 6.40. The predicted octanol–water partition coefficient (Wildman–Crippen LogP) is 12.7. The van der Waals surface area contributed by atoms with Crippen molar-refractivity contribution in [2.75, 3.05) is 0 Å². The number of para-hydroxylation sites is 1. The van der Waals surface area contributed by atoms with Gasteiger partial charge in [-0.2, -0.15) is 0 Å². The molecule has 0 saturated carbocycles. The van der Waals surface area contributed by atoms with Crippen LogP contribution in [0.15, 0.2) is 170 Å². The molecule has 0 unspecified atom stereocenters. The highest BCUT2D eigenvalue weighted by atomic mass is 32.1. The lowest BCUT2D eigenvalue weighted by molar-refractivity contribution is 1.32. The number of rotatable bonds is 4. The molecule has 4 aromatic heterocycles. The quantitative estimate of drug-likeness (QED) is 0.190. The van der Waals surface area contributed by atoms with E-state index >= 15 is 0 Å². The Morgan fingerprint density at radius 2 is 1.00 bits per heavy atom. The van der Waals surface area contributed by atoms with E-state index in [1.165, 1.54) is 64.2 Å². The van der Waals surface area contributed by atoms with Crippen LogP contribution in [-0.4, -0.2) is 9.38 Å². The summed E-state index contributed by atoms with van der Waals surface area (Å²) >= 11 is 1.88. The van der Waals surface area contributed by atoms with Crippen LogP contribution in [0.4, 0.5) is 0 Å². The van der Waals surface area contributed by atoms with E-state index in [0.717, 1.165) is 28.1 Å². The summed E-state index contributed by atoms with van der Waals surface area (Å²) in [6.45, 7) is 0. The van der Waals surface area contributed by atoms with Crippen molar-refractivity contribution >= 4 is 58.8 Å². The van der Waals surface area contributed by atoms with Crippen LogP contribution < -0.4 is 0 Å². The van der Waals surface area contributed by atoms with Gasteiger partial charge < -0.3 is 0 Å². The van der Waals surface area contributed by atoms with Gasteiger partial charge in [-0.3, -0.25) is 4.40 Å². The van der Waals surface area contributed by atoms with Gasteiger partial charge in [0, 0.05) is 42.9 Å². The van der Waals surface area contributed by atoms with E-state index in [2.05, 4.69) is 174 Å². The van der Waals surface area contributed by atoms with Crippen molar-refractivity contribution in [3.63, 3.8) is 0 Å². The molecule has 10 rings (SSSR count). The number of aromatic nitrogens is 2. The van der Waals surface area contributed by atoms with Crippen LogP contribution in [0.25, 0.3) is 92.3 Å². The molecular formula is C45H28N2S. The highest BCUT2D eigenvalue weighted by Crippen LogP contribution is 2.47. The average Bonchev–Trinajstić information content (AvgIpc) is 3.72. The third kappa shape index (κ3) is 4.15. The Balaban J connectivity index is 1.34. The maximum atomic E-state index is 5.15. The Labute approximate surface area is 281 Å². The van der Waals surface area contributed by atoms with Gasteiger partial charge in [0.15, 0.2) is 0 Å². The van der Waals surface area contributed by atoms with Crippen LogP contribution in [0.2, 0.25) is 0 Å². The Morgan fingerprint density at radius 1 is 0.417 bits per heavy atom. The lowest BCUT2D eigenvalue weighted by atomic mass is 9.95. The largest absolute Gasteiger partial charge is 0.299 e. The van der Waals surface area contributed by atoms with Crippen molar-refractivity contribution in [2.24, 2.45) is 0 Å². The molecule has 10 aromatic rings. The van der Waals surface area contributed by atoms with Gasteiger partial charge in [-0.25, -0.2) is 4.98 Å². The van der Waals surface area contributed by atoms with E-state index < -0.39 is 0 Å². The van der Waals surface area contributed by atoms with Gasteiger partial charge >= 0.3 is 0 Å². The van der Waals surface area contributed by atoms with Crippen LogP contribution in [0.1, 0.15) is 0 Å². The topological polar surface area (TPSA) is 17.3 Å². The van der Waals surface area contributed by atoms with E-state index in [4.69, 9.17) is 4.98 Å². The first-order chi connectivity index (χ1) is 23.8. The summed E-state index contributed by atoms with van der Waals surface area (Å²) < 4.78 is 3.82. The zero-order valence-corrected chi connectivity index (χ0v) is 26.8. The molecule has 0 aliphatic heterocycles. The lowest BCUT2D eigenvalue weighted by Gasteiger charge is -2.13. The first kappa shape index (κ1) is 27.1. The van der Waals surface area contributed by atoms with E-state index in [9.17, 15) is 0 Å². The van der Waals surface area contributed by atoms with Gasteiger partial charge in [0.1, 0.15) is 4.83 Å². The maximum absolute atomic E-state index is 5.15. The van der Waals surface area contributed by atoms with E-state index in [0.29, 0.717) is 0 Å². The molecule has 0 atom stereocenters. The van der Waals surface area contributed by atoms with Crippen molar-refractivity contribution in [1.82, 2.24) is 9.38 Å². The van der Waals surface area contributed by atoms with Crippen molar-refractivity contribution in [3.05, 3.63) is 170 Å². The minimum Gasteiger partial charge on any atom is -0.299 e. The molecule has 2 nitrogen and oxygen atoms in total. The highest BCUT2D eigenvalue weighted by Gasteiger charge is 2.22. The highest BCUT2D eigenvalue weighted by molar-refractivity contribution is 7.25. The van der Waals surface area contributed by atoms with E-state index in [1.54, 1.807) is 0 Å². The molecule has 0 aliphatic rings. The summed E-state index contributed by atoms with van der Waals surface area (Å²) in [5.74, 6) is 0. The van der Waals surface area contributed by atoms with Crippen molar-refractivity contribution in [1.29, 1.82) is 0 Å². The minimum absolute atomic E-state index is 0.970. The second-order valence-electron chi connectivity index (χ2n) is 12.3. The molecule has 48 heavy (non-hydrogen) atoms. The first-order valence-electron chi connectivity index (χ1n) is 16.3. The van der Waals surface area contributed by atoms with Crippen LogP contribution >= 0.6 is 11.3 Å². The standard InChI is InChI=1S/C45H28N2S/c1-4-14-29(15-5-1)38-27-33(28-39(46-38)30-16-6-2-7-17-30)32-24-25-34-37(26-32)43-36-21-11-13-23-41(36)48-45(43)47-40-22-12-10-20-35(40)42(44(34)47)31-18-8-3-9-19-31/h1-28H. The number of hydrogen-bond donors (Lipinski definition) is 0. The molecule has 6 aromatic carbocycles. The fourth-order valence-electron chi connectivity index (χ4n) is 7.40. The molecule has 0 saturated heterocycles. The van der Waals surface area contributed by atoms with Gasteiger partial charge in [0.25, 0.3) is 0 Å². The van der Waals surface area contributed by atoms with Crippen LogP contribution in [0.5, 0.6) is 0 Å². The summed E-state index contributed by atoms with van der Waals surface area (Å²) in [7, 11) is 0. The Hall–Kier alpha value is -6.03. The second kappa shape index (κ2) is 10.8. The molecule has 3 heteroatoms. The number of benzene rings is 6. The summed E-state index contributed by atoms with van der Waals surface area (Å²) in [5.41, 5.74) is 11.5. The van der Waals surface area contributed by atoms with Gasteiger partial charge in [0.2, 0.25) is 0 Å². The molecule has 0 spiro atoms. The Kier molecular flexibility index (Phi) is 6.08. The molecular weight excluding hydrogens is 601 g/mol.